The molecule has 1 aliphatic heterocycles. The fourth-order valence-electron chi connectivity index (χ4n) is 2.18. The zero-order valence-electron chi connectivity index (χ0n) is 12.8. The van der Waals surface area contributed by atoms with Crippen LogP contribution in [0, 0.1) is 0 Å². The number of hydrogen-bond donors (Lipinski definition) is 0. The molecule has 1 heterocycles. The summed E-state index contributed by atoms with van der Waals surface area (Å²) in [4.78, 5) is 27.1. The molecular formula is C15H18Br2N2O4. The Balaban J connectivity index is 1.80. The van der Waals surface area contributed by atoms with Crippen molar-refractivity contribution in [1.29, 1.82) is 0 Å². The van der Waals surface area contributed by atoms with E-state index in [2.05, 4.69) is 31.9 Å². The molecule has 0 spiro atoms. The highest BCUT2D eigenvalue weighted by molar-refractivity contribution is 9.11. The lowest BCUT2D eigenvalue weighted by Gasteiger charge is -2.34. The number of carbonyl (C=O) groups is 2. The molecule has 0 aliphatic carbocycles. The van der Waals surface area contributed by atoms with Gasteiger partial charge in [0, 0.05) is 30.7 Å². The van der Waals surface area contributed by atoms with Gasteiger partial charge >= 0.3 is 6.09 Å². The van der Waals surface area contributed by atoms with Crippen LogP contribution in [0.4, 0.5) is 4.79 Å². The van der Waals surface area contributed by atoms with Gasteiger partial charge in [0.05, 0.1) is 11.1 Å². The van der Waals surface area contributed by atoms with Crippen molar-refractivity contribution >= 4 is 43.9 Å². The molecule has 8 heteroatoms. The molecule has 0 unspecified atom stereocenters. The van der Waals surface area contributed by atoms with Gasteiger partial charge < -0.3 is 19.3 Å². The first kappa shape index (κ1) is 18.1. The maximum atomic E-state index is 12.2. The van der Waals surface area contributed by atoms with Crippen molar-refractivity contribution in [1.82, 2.24) is 9.80 Å². The van der Waals surface area contributed by atoms with Gasteiger partial charge in [-0.15, -0.1) is 0 Å². The fourth-order valence-corrected chi connectivity index (χ4v) is 3.34. The second-order valence-corrected chi connectivity index (χ2v) is 6.70. The minimum absolute atomic E-state index is 0.0281. The van der Waals surface area contributed by atoms with E-state index in [-0.39, 0.29) is 18.6 Å². The number of rotatable bonds is 4. The first-order valence-electron chi connectivity index (χ1n) is 7.28. The summed E-state index contributed by atoms with van der Waals surface area (Å²) in [7, 11) is 0. The van der Waals surface area contributed by atoms with Gasteiger partial charge in [0.1, 0.15) is 5.75 Å². The SMILES string of the molecule is CCOC(=O)N1CCN(C(=O)COc2ccc(Br)cc2Br)CC1. The van der Waals surface area contributed by atoms with Crippen LogP contribution < -0.4 is 4.74 Å². The van der Waals surface area contributed by atoms with Crippen LogP contribution in [0.5, 0.6) is 5.75 Å². The summed E-state index contributed by atoms with van der Waals surface area (Å²) in [6.45, 7) is 4.03. The maximum absolute atomic E-state index is 12.2. The van der Waals surface area contributed by atoms with E-state index in [0.717, 1.165) is 8.95 Å². The predicted octanol–water partition coefficient (Wildman–Crippen LogP) is 2.89. The third-order valence-corrected chi connectivity index (χ3v) is 4.52. The van der Waals surface area contributed by atoms with Crippen molar-refractivity contribution in [3.63, 3.8) is 0 Å². The molecule has 1 saturated heterocycles. The number of benzene rings is 1. The first-order valence-corrected chi connectivity index (χ1v) is 8.87. The summed E-state index contributed by atoms with van der Waals surface area (Å²) >= 11 is 6.76. The fraction of sp³-hybridized carbons (Fsp3) is 0.467. The normalized spacial score (nSPS) is 14.6. The monoisotopic (exact) mass is 448 g/mol. The minimum Gasteiger partial charge on any atom is -0.483 e. The van der Waals surface area contributed by atoms with Crippen molar-refractivity contribution < 1.29 is 19.1 Å². The predicted molar refractivity (Wildman–Crippen MR) is 92.5 cm³/mol. The van der Waals surface area contributed by atoms with Gasteiger partial charge in [-0.05, 0) is 41.1 Å². The Bertz CT molecular complexity index is 575. The molecule has 0 atom stereocenters. The van der Waals surface area contributed by atoms with Crippen LogP contribution in [0.1, 0.15) is 6.92 Å². The molecule has 126 valence electrons. The van der Waals surface area contributed by atoms with Gasteiger partial charge in [0.2, 0.25) is 0 Å². The van der Waals surface area contributed by atoms with Crippen LogP contribution in [0.3, 0.4) is 0 Å². The molecular weight excluding hydrogens is 432 g/mol. The molecule has 0 bridgehead atoms. The van der Waals surface area contributed by atoms with Gasteiger partial charge in [-0.2, -0.15) is 0 Å². The summed E-state index contributed by atoms with van der Waals surface area (Å²) in [5.41, 5.74) is 0. The lowest BCUT2D eigenvalue weighted by atomic mass is 10.3. The van der Waals surface area contributed by atoms with Crippen molar-refractivity contribution in [3.8, 4) is 5.75 Å². The van der Waals surface area contributed by atoms with E-state index < -0.39 is 0 Å². The average molecular weight is 450 g/mol. The van der Waals surface area contributed by atoms with Crippen molar-refractivity contribution in [2.45, 2.75) is 6.92 Å². The molecule has 1 aliphatic rings. The molecule has 1 aromatic carbocycles. The van der Waals surface area contributed by atoms with E-state index in [1.807, 2.05) is 12.1 Å². The molecule has 23 heavy (non-hydrogen) atoms. The number of piperazine rings is 1. The van der Waals surface area contributed by atoms with E-state index in [1.54, 1.807) is 22.8 Å². The second-order valence-electron chi connectivity index (χ2n) is 4.93. The van der Waals surface area contributed by atoms with Crippen LogP contribution in [0.2, 0.25) is 0 Å². The Morgan fingerprint density at radius 2 is 1.78 bits per heavy atom. The van der Waals surface area contributed by atoms with Crippen LogP contribution >= 0.6 is 31.9 Å². The summed E-state index contributed by atoms with van der Waals surface area (Å²) in [6, 6.07) is 5.50. The molecule has 1 fully saturated rings. The third-order valence-electron chi connectivity index (χ3n) is 3.40. The van der Waals surface area contributed by atoms with E-state index >= 15 is 0 Å². The average Bonchev–Trinajstić information content (AvgIpc) is 2.54. The third kappa shape index (κ3) is 5.10. The molecule has 0 radical (unpaired) electrons. The zero-order chi connectivity index (χ0) is 16.8. The summed E-state index contributed by atoms with van der Waals surface area (Å²) in [5, 5.41) is 0. The number of nitrogens with zero attached hydrogens (tertiary/aromatic N) is 2. The highest BCUT2D eigenvalue weighted by atomic mass is 79.9. The van der Waals surface area contributed by atoms with Gasteiger partial charge in [-0.25, -0.2) is 4.79 Å². The highest BCUT2D eigenvalue weighted by Crippen LogP contribution is 2.28. The number of amides is 2. The van der Waals surface area contributed by atoms with Gasteiger partial charge in [-0.1, -0.05) is 15.9 Å². The van der Waals surface area contributed by atoms with Crippen LogP contribution in [0.15, 0.2) is 27.1 Å². The Morgan fingerprint density at radius 3 is 2.39 bits per heavy atom. The van der Waals surface area contributed by atoms with Crippen LogP contribution in [-0.2, 0) is 9.53 Å². The lowest BCUT2D eigenvalue weighted by molar-refractivity contribution is -0.135. The zero-order valence-corrected chi connectivity index (χ0v) is 15.9. The Labute approximate surface area is 152 Å². The van der Waals surface area contributed by atoms with E-state index in [0.29, 0.717) is 38.5 Å². The quantitative estimate of drug-likeness (QED) is 0.709. The molecule has 2 amide bonds. The van der Waals surface area contributed by atoms with E-state index in [1.165, 1.54) is 0 Å². The molecule has 2 rings (SSSR count). The van der Waals surface area contributed by atoms with E-state index in [9.17, 15) is 9.59 Å². The lowest BCUT2D eigenvalue weighted by Crippen LogP contribution is -2.51. The van der Waals surface area contributed by atoms with Crippen molar-refractivity contribution in [2.75, 3.05) is 39.4 Å². The number of hydrogen-bond acceptors (Lipinski definition) is 4. The largest absolute Gasteiger partial charge is 0.483 e. The first-order chi connectivity index (χ1) is 11.0. The second kappa shape index (κ2) is 8.54. The summed E-state index contributed by atoms with van der Waals surface area (Å²) in [5.74, 6) is 0.523. The number of ether oxygens (including phenoxy) is 2. The Morgan fingerprint density at radius 1 is 1.13 bits per heavy atom. The molecule has 0 saturated carbocycles. The Hall–Kier alpha value is -1.28. The molecule has 1 aromatic rings. The van der Waals surface area contributed by atoms with Crippen molar-refractivity contribution in [2.24, 2.45) is 0 Å². The highest BCUT2D eigenvalue weighted by Gasteiger charge is 2.25. The number of carbonyl (C=O) groups excluding carboxylic acids is 2. The maximum Gasteiger partial charge on any atom is 0.409 e. The number of halogens is 2. The van der Waals surface area contributed by atoms with E-state index in [4.69, 9.17) is 9.47 Å². The smallest absolute Gasteiger partial charge is 0.409 e. The van der Waals surface area contributed by atoms with Crippen LogP contribution in [-0.4, -0.2) is 61.2 Å². The molecule has 0 aromatic heterocycles. The van der Waals surface area contributed by atoms with Gasteiger partial charge in [0.15, 0.2) is 6.61 Å². The van der Waals surface area contributed by atoms with Crippen molar-refractivity contribution in [3.05, 3.63) is 27.1 Å². The van der Waals surface area contributed by atoms with Gasteiger partial charge in [-0.3, -0.25) is 4.79 Å². The minimum atomic E-state index is -0.324. The summed E-state index contributed by atoms with van der Waals surface area (Å²) in [6.07, 6.45) is -0.324. The molecule has 6 nitrogen and oxygen atoms in total. The topological polar surface area (TPSA) is 59.1 Å². The summed E-state index contributed by atoms with van der Waals surface area (Å²) < 4.78 is 12.2. The van der Waals surface area contributed by atoms with Gasteiger partial charge in [0.25, 0.3) is 5.91 Å². The standard InChI is InChI=1S/C15H18Br2N2O4/c1-2-22-15(21)19-7-5-18(6-8-19)14(20)10-23-13-4-3-11(16)9-12(13)17/h3-4,9H,2,5-8,10H2,1H3. The molecule has 0 N–H and O–H groups in total. The van der Waals surface area contributed by atoms with Crippen LogP contribution in [0.25, 0.3) is 0 Å². The Kier molecular flexibility index (Phi) is 6.71.